The van der Waals surface area contributed by atoms with Crippen LogP contribution in [0, 0.1) is 13.8 Å². The maximum Gasteiger partial charge on any atom is 0.142 e. The number of aromatic nitrogens is 1. The van der Waals surface area contributed by atoms with E-state index in [1.54, 1.807) is 25.5 Å². The van der Waals surface area contributed by atoms with Gasteiger partial charge in [0, 0.05) is 37.6 Å². The largest absolute Gasteiger partial charge is 0.495 e. The Morgan fingerprint density at radius 2 is 1.79 bits per heavy atom. The van der Waals surface area contributed by atoms with Gasteiger partial charge in [-0.15, -0.1) is 0 Å². The minimum atomic E-state index is 0.440. The van der Waals surface area contributed by atoms with Crippen LogP contribution >= 0.6 is 34.8 Å². The molecule has 0 aliphatic heterocycles. The van der Waals surface area contributed by atoms with Gasteiger partial charge in [-0.05, 0) is 50.2 Å². The summed E-state index contributed by atoms with van der Waals surface area (Å²) < 4.78 is 7.59. The Bertz CT molecular complexity index is 1010. The number of ether oxygens (including phenoxy) is 1. The van der Waals surface area contributed by atoms with Crippen LogP contribution in [0.25, 0.3) is 5.69 Å². The fourth-order valence-electron chi connectivity index (χ4n) is 3.07. The maximum absolute atomic E-state index is 6.19. The topological polar surface area (TPSA) is 38.5 Å². The quantitative estimate of drug-likeness (QED) is 0.370. The molecule has 0 fully saturated rings. The van der Waals surface area contributed by atoms with Crippen LogP contribution in [0.15, 0.2) is 47.6 Å². The van der Waals surface area contributed by atoms with Gasteiger partial charge < -0.3 is 14.7 Å². The highest BCUT2D eigenvalue weighted by atomic mass is 35.5. The second-order valence-corrected chi connectivity index (χ2v) is 7.52. The summed E-state index contributed by atoms with van der Waals surface area (Å²) in [5.41, 5.74) is 7.77. The molecule has 28 heavy (non-hydrogen) atoms. The smallest absolute Gasteiger partial charge is 0.142 e. The van der Waals surface area contributed by atoms with Crippen molar-refractivity contribution < 1.29 is 4.74 Å². The zero-order chi connectivity index (χ0) is 20.3. The average molecular weight is 437 g/mol. The number of hydrazone groups is 1. The van der Waals surface area contributed by atoms with E-state index in [9.17, 15) is 0 Å². The predicted octanol–water partition coefficient (Wildman–Crippen LogP) is 6.19. The van der Waals surface area contributed by atoms with E-state index in [0.717, 1.165) is 34.0 Å². The molecule has 4 nitrogen and oxygen atoms in total. The van der Waals surface area contributed by atoms with Gasteiger partial charge >= 0.3 is 0 Å². The monoisotopic (exact) mass is 435 g/mol. The number of halogens is 3. The molecule has 0 saturated carbocycles. The highest BCUT2D eigenvalue weighted by molar-refractivity contribution is 6.36. The second-order valence-electron chi connectivity index (χ2n) is 6.27. The maximum atomic E-state index is 6.19. The number of hydrogen-bond acceptors (Lipinski definition) is 3. The standard InChI is InChI=1S/C21H20Cl3N3O/c1-13-9-15(11-25-26-12-17-18(23)5-4-6-19(17)24)14(2)27(13)20-10-16(22)7-8-21(20)28-3/h4-11,26H,12H2,1-3H3/b25-11+. The number of aryl methyl sites for hydroxylation is 1. The van der Waals surface area contributed by atoms with Crippen LogP contribution in [0.5, 0.6) is 5.75 Å². The van der Waals surface area contributed by atoms with E-state index >= 15 is 0 Å². The number of methoxy groups -OCH3 is 1. The lowest BCUT2D eigenvalue weighted by molar-refractivity contribution is 0.412. The first-order valence-corrected chi connectivity index (χ1v) is 9.77. The van der Waals surface area contributed by atoms with Crippen LogP contribution in [-0.4, -0.2) is 17.9 Å². The van der Waals surface area contributed by atoms with Gasteiger partial charge in [0.25, 0.3) is 0 Å². The Balaban J connectivity index is 1.83. The first-order chi connectivity index (χ1) is 13.4. The highest BCUT2D eigenvalue weighted by Gasteiger charge is 2.14. The van der Waals surface area contributed by atoms with Gasteiger partial charge in [0.2, 0.25) is 0 Å². The van der Waals surface area contributed by atoms with E-state index in [0.29, 0.717) is 21.6 Å². The van der Waals surface area contributed by atoms with Crippen molar-refractivity contribution in [3.05, 3.63) is 80.0 Å². The summed E-state index contributed by atoms with van der Waals surface area (Å²) >= 11 is 18.6. The van der Waals surface area contributed by atoms with Crippen molar-refractivity contribution in [2.75, 3.05) is 7.11 Å². The molecule has 0 atom stereocenters. The first-order valence-electron chi connectivity index (χ1n) is 8.64. The molecule has 3 rings (SSSR count). The number of hydrogen-bond donors (Lipinski definition) is 1. The summed E-state index contributed by atoms with van der Waals surface area (Å²) in [6.07, 6.45) is 1.78. The number of nitrogens with zero attached hydrogens (tertiary/aromatic N) is 2. The fourth-order valence-corrected chi connectivity index (χ4v) is 3.77. The zero-order valence-electron chi connectivity index (χ0n) is 15.8. The number of nitrogens with one attached hydrogen (secondary N) is 1. The van der Waals surface area contributed by atoms with Crippen molar-refractivity contribution in [2.24, 2.45) is 5.10 Å². The van der Waals surface area contributed by atoms with Gasteiger partial charge in [0.1, 0.15) is 5.75 Å². The van der Waals surface area contributed by atoms with E-state index in [4.69, 9.17) is 39.5 Å². The van der Waals surface area contributed by atoms with E-state index in [1.165, 1.54) is 0 Å². The second kappa shape index (κ2) is 8.91. The lowest BCUT2D eigenvalue weighted by Crippen LogP contribution is -2.07. The molecule has 2 aromatic carbocycles. The van der Waals surface area contributed by atoms with Crippen molar-refractivity contribution in [3.63, 3.8) is 0 Å². The minimum absolute atomic E-state index is 0.440. The van der Waals surface area contributed by atoms with Crippen molar-refractivity contribution in [1.82, 2.24) is 9.99 Å². The third kappa shape index (κ3) is 4.30. The van der Waals surface area contributed by atoms with Crippen LogP contribution in [0.3, 0.4) is 0 Å². The molecule has 146 valence electrons. The van der Waals surface area contributed by atoms with Gasteiger partial charge in [-0.2, -0.15) is 5.10 Å². The molecule has 0 unspecified atom stereocenters. The third-order valence-electron chi connectivity index (χ3n) is 4.46. The predicted molar refractivity (Wildman–Crippen MR) is 118 cm³/mol. The summed E-state index contributed by atoms with van der Waals surface area (Å²) in [7, 11) is 1.65. The first kappa shape index (κ1) is 20.6. The van der Waals surface area contributed by atoms with Crippen LogP contribution in [0.1, 0.15) is 22.5 Å². The van der Waals surface area contributed by atoms with Crippen molar-refractivity contribution >= 4 is 41.0 Å². The van der Waals surface area contributed by atoms with E-state index in [1.807, 2.05) is 38.1 Å². The van der Waals surface area contributed by atoms with Crippen molar-refractivity contribution in [3.8, 4) is 11.4 Å². The summed E-state index contributed by atoms with van der Waals surface area (Å²) in [5, 5.41) is 6.20. The average Bonchev–Trinajstić information content (AvgIpc) is 2.94. The molecule has 0 spiro atoms. The van der Waals surface area contributed by atoms with Crippen LogP contribution in [0.2, 0.25) is 15.1 Å². The minimum Gasteiger partial charge on any atom is -0.495 e. The van der Waals surface area contributed by atoms with Gasteiger partial charge in [-0.3, -0.25) is 0 Å². The molecule has 0 radical (unpaired) electrons. The Kier molecular flexibility index (Phi) is 6.55. The lowest BCUT2D eigenvalue weighted by Gasteiger charge is -2.14. The molecule has 1 heterocycles. The molecule has 0 bridgehead atoms. The highest BCUT2D eigenvalue weighted by Crippen LogP contribution is 2.30. The van der Waals surface area contributed by atoms with Gasteiger partial charge in [-0.25, -0.2) is 0 Å². The Morgan fingerprint density at radius 3 is 2.46 bits per heavy atom. The summed E-state index contributed by atoms with van der Waals surface area (Å²) in [4.78, 5) is 0. The Hall–Kier alpha value is -2.14. The number of rotatable bonds is 6. The van der Waals surface area contributed by atoms with Crippen molar-refractivity contribution in [2.45, 2.75) is 20.4 Å². The zero-order valence-corrected chi connectivity index (χ0v) is 18.0. The third-order valence-corrected chi connectivity index (χ3v) is 5.41. The Morgan fingerprint density at radius 1 is 1.07 bits per heavy atom. The summed E-state index contributed by atoms with van der Waals surface area (Å²) in [6, 6.07) is 13.0. The van der Waals surface area contributed by atoms with Gasteiger partial charge in [0.15, 0.2) is 0 Å². The molecule has 0 aliphatic rings. The lowest BCUT2D eigenvalue weighted by atomic mass is 10.2. The molecule has 1 aromatic heterocycles. The molecular formula is C21H20Cl3N3O. The molecule has 7 heteroatoms. The van der Waals surface area contributed by atoms with Crippen LogP contribution in [0.4, 0.5) is 0 Å². The van der Waals surface area contributed by atoms with Crippen LogP contribution < -0.4 is 10.2 Å². The van der Waals surface area contributed by atoms with E-state index < -0.39 is 0 Å². The SMILES string of the molecule is COc1ccc(Cl)cc1-n1c(C)cc(/C=N/NCc2c(Cl)cccc2Cl)c1C. The molecule has 1 N–H and O–H groups in total. The molecule has 3 aromatic rings. The van der Waals surface area contributed by atoms with E-state index in [-0.39, 0.29) is 0 Å². The molecular weight excluding hydrogens is 417 g/mol. The van der Waals surface area contributed by atoms with Gasteiger partial charge in [0.05, 0.1) is 25.6 Å². The number of benzene rings is 2. The summed E-state index contributed by atoms with van der Waals surface area (Å²) in [6.45, 7) is 4.50. The molecule has 0 aliphatic carbocycles. The molecule has 0 amide bonds. The summed E-state index contributed by atoms with van der Waals surface area (Å²) in [5.74, 6) is 0.751. The van der Waals surface area contributed by atoms with Crippen molar-refractivity contribution in [1.29, 1.82) is 0 Å². The fraction of sp³-hybridized carbons (Fsp3) is 0.190. The normalized spacial score (nSPS) is 11.2. The van der Waals surface area contributed by atoms with Crippen LogP contribution in [-0.2, 0) is 6.54 Å². The Labute approximate surface area is 179 Å². The van der Waals surface area contributed by atoms with Gasteiger partial charge in [-0.1, -0.05) is 40.9 Å². The molecule has 0 saturated heterocycles. The van der Waals surface area contributed by atoms with E-state index in [2.05, 4.69) is 21.2 Å².